The molecule has 29 heavy (non-hydrogen) atoms. The highest BCUT2D eigenvalue weighted by Gasteiger charge is 2.43. The van der Waals surface area contributed by atoms with Gasteiger partial charge < -0.3 is 5.32 Å². The third-order valence-corrected chi connectivity index (χ3v) is 6.40. The van der Waals surface area contributed by atoms with Gasteiger partial charge in [-0.1, -0.05) is 24.3 Å². The van der Waals surface area contributed by atoms with E-state index in [1.54, 1.807) is 17.4 Å². The summed E-state index contributed by atoms with van der Waals surface area (Å²) in [5.41, 5.74) is 0.201. The fourth-order valence-electron chi connectivity index (χ4n) is 4.16. The van der Waals surface area contributed by atoms with Gasteiger partial charge in [-0.3, -0.25) is 4.79 Å². The summed E-state index contributed by atoms with van der Waals surface area (Å²) in [4.78, 5) is 18.4. The van der Waals surface area contributed by atoms with Gasteiger partial charge in [-0.25, -0.2) is 4.68 Å². The highest BCUT2D eigenvalue weighted by molar-refractivity contribution is 7.10. The van der Waals surface area contributed by atoms with Crippen molar-refractivity contribution in [2.24, 2.45) is 0 Å². The van der Waals surface area contributed by atoms with Crippen LogP contribution in [0.4, 0.5) is 19.1 Å². The Bertz CT molecular complexity index is 1120. The summed E-state index contributed by atoms with van der Waals surface area (Å²) in [5, 5.41) is 9.21. The predicted molar refractivity (Wildman–Crippen MR) is 102 cm³/mol. The van der Waals surface area contributed by atoms with Gasteiger partial charge in [0.2, 0.25) is 5.95 Å². The molecule has 0 saturated carbocycles. The number of ketones is 1. The quantitative estimate of drug-likeness (QED) is 0.654. The van der Waals surface area contributed by atoms with Crippen LogP contribution in [0.25, 0.3) is 0 Å². The van der Waals surface area contributed by atoms with Crippen LogP contribution in [0.5, 0.6) is 0 Å². The highest BCUT2D eigenvalue weighted by Crippen LogP contribution is 2.46. The minimum Gasteiger partial charge on any atom is -0.328 e. The summed E-state index contributed by atoms with van der Waals surface area (Å²) in [6, 6.07) is 8.30. The molecule has 0 fully saturated rings. The van der Waals surface area contributed by atoms with Crippen molar-refractivity contribution in [3.05, 3.63) is 75.4 Å². The Morgan fingerprint density at radius 1 is 1.14 bits per heavy atom. The summed E-state index contributed by atoms with van der Waals surface area (Å²) in [7, 11) is 0. The molecule has 2 aliphatic rings. The molecule has 1 N–H and O–H groups in total. The second-order valence-electron chi connectivity index (χ2n) is 7.08. The van der Waals surface area contributed by atoms with E-state index in [1.807, 2.05) is 17.5 Å². The minimum absolute atomic E-state index is 0.00160. The molecular weight excluding hydrogens is 401 g/mol. The zero-order chi connectivity index (χ0) is 20.2. The average Bonchev–Trinajstić information content (AvgIpc) is 3.37. The van der Waals surface area contributed by atoms with Crippen LogP contribution in [0.2, 0.25) is 0 Å². The van der Waals surface area contributed by atoms with E-state index in [2.05, 4.69) is 15.4 Å². The lowest BCUT2D eigenvalue weighted by Gasteiger charge is -2.35. The lowest BCUT2D eigenvalue weighted by atomic mass is 9.79. The largest absolute Gasteiger partial charge is 0.416 e. The van der Waals surface area contributed by atoms with Crippen molar-refractivity contribution in [3.8, 4) is 0 Å². The number of carbonyl (C=O) groups is 1. The van der Waals surface area contributed by atoms with Crippen molar-refractivity contribution in [2.45, 2.75) is 31.0 Å². The molecule has 3 heterocycles. The van der Waals surface area contributed by atoms with E-state index in [0.29, 0.717) is 23.6 Å². The molecule has 1 aliphatic heterocycles. The predicted octanol–water partition coefficient (Wildman–Crippen LogP) is 4.77. The van der Waals surface area contributed by atoms with Crippen LogP contribution in [0.1, 0.15) is 40.8 Å². The zero-order valence-corrected chi connectivity index (χ0v) is 15.8. The number of aromatic nitrogens is 3. The maximum atomic E-state index is 13.7. The van der Waals surface area contributed by atoms with Crippen molar-refractivity contribution in [1.29, 1.82) is 0 Å². The first kappa shape index (κ1) is 18.1. The van der Waals surface area contributed by atoms with Gasteiger partial charge in [0.15, 0.2) is 5.78 Å². The number of rotatable bonds is 2. The van der Waals surface area contributed by atoms with E-state index in [-0.39, 0.29) is 23.7 Å². The van der Waals surface area contributed by atoms with Crippen LogP contribution < -0.4 is 5.32 Å². The average molecular weight is 416 g/mol. The van der Waals surface area contributed by atoms with Crippen LogP contribution in [-0.2, 0) is 11.0 Å². The lowest BCUT2D eigenvalue weighted by Crippen LogP contribution is -2.34. The molecule has 2 atom stereocenters. The summed E-state index contributed by atoms with van der Waals surface area (Å²) >= 11 is 1.58. The maximum absolute atomic E-state index is 13.7. The van der Waals surface area contributed by atoms with Crippen molar-refractivity contribution < 1.29 is 18.0 Å². The SMILES string of the molecule is O=C1CC(c2cccs2)CC2=C1C(c1ccccc1C(F)(F)F)n1ncnc1N2. The Hall–Kier alpha value is -2.94. The Morgan fingerprint density at radius 2 is 1.97 bits per heavy atom. The Kier molecular flexibility index (Phi) is 4.09. The summed E-state index contributed by atoms with van der Waals surface area (Å²) in [6.07, 6.45) is -2.46. The molecule has 5 nitrogen and oxygen atoms in total. The van der Waals surface area contributed by atoms with Gasteiger partial charge in [0.1, 0.15) is 12.4 Å². The molecule has 1 aromatic carbocycles. The Labute approximate surface area is 167 Å². The van der Waals surface area contributed by atoms with E-state index >= 15 is 0 Å². The number of hydrogen-bond acceptors (Lipinski definition) is 5. The van der Waals surface area contributed by atoms with Crippen LogP contribution in [0.15, 0.2) is 59.4 Å². The van der Waals surface area contributed by atoms with Gasteiger partial charge in [0.25, 0.3) is 0 Å². The number of Topliss-reactive ketones (excluding diaryl/α,β-unsaturated/α-hetero) is 1. The van der Waals surface area contributed by atoms with Crippen LogP contribution in [-0.4, -0.2) is 20.5 Å². The third kappa shape index (κ3) is 2.96. The van der Waals surface area contributed by atoms with Gasteiger partial charge >= 0.3 is 6.18 Å². The third-order valence-electron chi connectivity index (χ3n) is 5.37. The molecule has 2 unspecified atom stereocenters. The Morgan fingerprint density at radius 3 is 2.72 bits per heavy atom. The number of fused-ring (bicyclic) bond motifs is 1. The number of carbonyl (C=O) groups excluding carboxylic acids is 1. The topological polar surface area (TPSA) is 59.8 Å². The fourth-order valence-corrected chi connectivity index (χ4v) is 4.99. The molecular formula is C20H15F3N4OS. The van der Waals surface area contributed by atoms with Crippen LogP contribution in [0, 0.1) is 0 Å². The lowest BCUT2D eigenvalue weighted by molar-refractivity contribution is -0.138. The van der Waals surface area contributed by atoms with Crippen molar-refractivity contribution in [3.63, 3.8) is 0 Å². The van der Waals surface area contributed by atoms with E-state index in [0.717, 1.165) is 10.9 Å². The second-order valence-corrected chi connectivity index (χ2v) is 8.06. The first-order chi connectivity index (χ1) is 13.9. The van der Waals surface area contributed by atoms with Gasteiger partial charge in [-0.2, -0.15) is 23.3 Å². The molecule has 0 spiro atoms. The number of allylic oxidation sites excluding steroid dienone is 2. The monoisotopic (exact) mass is 416 g/mol. The number of anilines is 1. The molecule has 0 radical (unpaired) electrons. The maximum Gasteiger partial charge on any atom is 0.416 e. The molecule has 5 rings (SSSR count). The molecule has 3 aromatic rings. The fraction of sp³-hybridized carbons (Fsp3) is 0.250. The number of alkyl halides is 3. The van der Waals surface area contributed by atoms with Crippen molar-refractivity contribution in [2.75, 3.05) is 5.32 Å². The van der Waals surface area contributed by atoms with E-state index in [4.69, 9.17) is 0 Å². The van der Waals surface area contributed by atoms with E-state index < -0.39 is 17.8 Å². The number of benzene rings is 1. The van der Waals surface area contributed by atoms with Gasteiger partial charge in [-0.05, 0) is 29.5 Å². The zero-order valence-electron chi connectivity index (χ0n) is 15.0. The van der Waals surface area contributed by atoms with Gasteiger partial charge in [-0.15, -0.1) is 11.3 Å². The molecule has 1 aliphatic carbocycles. The standard InChI is InChI=1S/C20H15F3N4OS/c21-20(22,23)13-5-2-1-4-12(13)18-17-14(26-19-24-10-25-27(18)19)8-11(9-15(17)28)16-6-3-7-29-16/h1-7,10-11,18H,8-9H2,(H,24,25,26). The van der Waals surface area contributed by atoms with Crippen molar-refractivity contribution in [1.82, 2.24) is 14.8 Å². The summed E-state index contributed by atoms with van der Waals surface area (Å²) < 4.78 is 42.5. The number of nitrogens with one attached hydrogen (secondary N) is 1. The number of halogens is 3. The van der Waals surface area contributed by atoms with Crippen molar-refractivity contribution >= 4 is 23.1 Å². The number of hydrogen-bond donors (Lipinski definition) is 1. The van der Waals surface area contributed by atoms with Crippen LogP contribution in [0.3, 0.4) is 0 Å². The van der Waals surface area contributed by atoms with Gasteiger partial charge in [0.05, 0.1) is 5.56 Å². The Balaban J connectivity index is 1.67. The molecule has 148 valence electrons. The van der Waals surface area contributed by atoms with Gasteiger partial charge in [0, 0.05) is 28.5 Å². The normalized spacial score (nSPS) is 21.6. The van der Waals surface area contributed by atoms with E-state index in [1.165, 1.54) is 23.1 Å². The summed E-state index contributed by atoms with van der Waals surface area (Å²) in [5.74, 6) is 0.173. The van der Waals surface area contributed by atoms with Crippen LogP contribution >= 0.6 is 11.3 Å². The number of thiophene rings is 1. The molecule has 0 amide bonds. The smallest absolute Gasteiger partial charge is 0.328 e. The molecule has 0 bridgehead atoms. The summed E-state index contributed by atoms with van der Waals surface area (Å²) in [6.45, 7) is 0. The first-order valence-electron chi connectivity index (χ1n) is 9.06. The molecule has 9 heteroatoms. The molecule has 0 saturated heterocycles. The molecule has 2 aromatic heterocycles. The van der Waals surface area contributed by atoms with E-state index in [9.17, 15) is 18.0 Å². The second kappa shape index (κ2) is 6.55. The first-order valence-corrected chi connectivity index (χ1v) is 9.93. The minimum atomic E-state index is -4.54. The number of nitrogens with zero attached hydrogens (tertiary/aromatic N) is 3. The highest BCUT2D eigenvalue weighted by atomic mass is 32.1.